The fourth-order valence-corrected chi connectivity index (χ4v) is 1.93. The number of carbonyl (C=O) groups excluding carboxylic acids is 1. The van der Waals surface area contributed by atoms with Crippen LogP contribution in [0.3, 0.4) is 0 Å². The van der Waals surface area contributed by atoms with Gasteiger partial charge in [-0.1, -0.05) is 0 Å². The summed E-state index contributed by atoms with van der Waals surface area (Å²) in [6, 6.07) is -0.986. The van der Waals surface area contributed by atoms with Gasteiger partial charge >= 0.3 is 12.0 Å². The van der Waals surface area contributed by atoms with Crippen LogP contribution in [0.15, 0.2) is 0 Å². The molecule has 0 aromatic carbocycles. The van der Waals surface area contributed by atoms with E-state index in [-0.39, 0.29) is 12.1 Å². The zero-order valence-corrected chi connectivity index (χ0v) is 10.3. The normalized spacial score (nSPS) is 21.3. The third kappa shape index (κ3) is 3.89. The van der Waals surface area contributed by atoms with Gasteiger partial charge in [-0.05, 0) is 26.2 Å². The van der Waals surface area contributed by atoms with E-state index in [1.54, 1.807) is 7.11 Å². The lowest BCUT2D eigenvalue weighted by Gasteiger charge is -2.24. The minimum absolute atomic E-state index is 0.0162. The van der Waals surface area contributed by atoms with Gasteiger partial charge in [0.05, 0.1) is 0 Å². The number of aliphatic carboxylic acids is 1. The summed E-state index contributed by atoms with van der Waals surface area (Å²) in [5.41, 5.74) is 0. The Hall–Kier alpha value is -1.30. The van der Waals surface area contributed by atoms with Crippen LogP contribution in [-0.2, 0) is 9.53 Å². The Balaban J connectivity index is 2.43. The molecule has 2 atom stereocenters. The standard InChI is InChI=1S/C11H20N2O4/c1-8(5-7-17-2)12-11(16)13-6-3-4-9(13)10(14)15/h8-9H,3-7H2,1-2H3,(H,12,16)(H,14,15)/t8?,9-/m0/s1. The van der Waals surface area contributed by atoms with E-state index >= 15 is 0 Å². The highest BCUT2D eigenvalue weighted by Crippen LogP contribution is 2.17. The molecule has 1 aliphatic rings. The summed E-state index contributed by atoms with van der Waals surface area (Å²) in [6.07, 6.45) is 2.00. The second-order valence-corrected chi connectivity index (χ2v) is 4.32. The maximum Gasteiger partial charge on any atom is 0.326 e. The Kier molecular flexibility index (Phi) is 5.21. The molecule has 0 saturated carbocycles. The van der Waals surface area contributed by atoms with Crippen molar-refractivity contribution in [2.45, 2.75) is 38.3 Å². The molecule has 0 spiro atoms. The van der Waals surface area contributed by atoms with Crippen LogP contribution in [0.1, 0.15) is 26.2 Å². The molecule has 6 nitrogen and oxygen atoms in total. The van der Waals surface area contributed by atoms with Gasteiger partial charge in [0.25, 0.3) is 0 Å². The minimum Gasteiger partial charge on any atom is -0.480 e. The molecular weight excluding hydrogens is 224 g/mol. The van der Waals surface area contributed by atoms with Crippen molar-refractivity contribution in [1.29, 1.82) is 0 Å². The van der Waals surface area contributed by atoms with Gasteiger partial charge in [0.1, 0.15) is 6.04 Å². The maximum atomic E-state index is 11.8. The fourth-order valence-electron chi connectivity index (χ4n) is 1.93. The van der Waals surface area contributed by atoms with Crippen LogP contribution in [0.4, 0.5) is 4.79 Å². The Labute approximate surface area is 101 Å². The first-order chi connectivity index (χ1) is 8.06. The summed E-state index contributed by atoms with van der Waals surface area (Å²) < 4.78 is 4.92. The van der Waals surface area contributed by atoms with Crippen LogP contribution in [0.5, 0.6) is 0 Å². The summed E-state index contributed by atoms with van der Waals surface area (Å²) in [6.45, 7) is 2.96. The lowest BCUT2D eigenvalue weighted by atomic mass is 10.2. The van der Waals surface area contributed by atoms with E-state index in [2.05, 4.69) is 5.32 Å². The predicted octanol–water partition coefficient (Wildman–Crippen LogP) is 0.670. The predicted molar refractivity (Wildman–Crippen MR) is 61.9 cm³/mol. The van der Waals surface area contributed by atoms with Gasteiger partial charge in [0.2, 0.25) is 0 Å². The number of nitrogens with one attached hydrogen (secondary N) is 1. The molecule has 1 saturated heterocycles. The molecule has 0 bridgehead atoms. The number of hydrogen-bond acceptors (Lipinski definition) is 3. The van der Waals surface area contributed by atoms with Crippen LogP contribution in [0, 0.1) is 0 Å². The molecule has 0 aromatic heterocycles. The monoisotopic (exact) mass is 244 g/mol. The summed E-state index contributed by atoms with van der Waals surface area (Å²) in [5, 5.41) is 11.8. The summed E-state index contributed by atoms with van der Waals surface area (Å²) >= 11 is 0. The number of nitrogens with zero attached hydrogens (tertiary/aromatic N) is 1. The molecule has 1 heterocycles. The van der Waals surface area contributed by atoms with Gasteiger partial charge in [-0.15, -0.1) is 0 Å². The molecule has 98 valence electrons. The number of methoxy groups -OCH3 is 1. The van der Waals surface area contributed by atoms with Crippen molar-refractivity contribution in [3.63, 3.8) is 0 Å². The fraction of sp³-hybridized carbons (Fsp3) is 0.818. The van der Waals surface area contributed by atoms with E-state index in [1.807, 2.05) is 6.92 Å². The van der Waals surface area contributed by atoms with E-state index < -0.39 is 12.0 Å². The Morgan fingerprint density at radius 1 is 1.59 bits per heavy atom. The van der Waals surface area contributed by atoms with Crippen LogP contribution >= 0.6 is 0 Å². The number of hydrogen-bond donors (Lipinski definition) is 2. The van der Waals surface area contributed by atoms with Crippen molar-refractivity contribution in [3.05, 3.63) is 0 Å². The van der Waals surface area contributed by atoms with Gasteiger partial charge in [-0.2, -0.15) is 0 Å². The van der Waals surface area contributed by atoms with E-state index in [9.17, 15) is 9.59 Å². The van der Waals surface area contributed by atoms with Crippen molar-refractivity contribution >= 4 is 12.0 Å². The SMILES string of the molecule is COCCC(C)NC(=O)N1CCC[C@H]1C(=O)O. The van der Waals surface area contributed by atoms with Gasteiger partial charge in [0.15, 0.2) is 0 Å². The molecule has 0 aliphatic carbocycles. The molecule has 2 N–H and O–H groups in total. The largest absolute Gasteiger partial charge is 0.480 e. The number of carboxylic acid groups (broad SMARTS) is 1. The number of carboxylic acids is 1. The van der Waals surface area contributed by atoms with Crippen molar-refractivity contribution < 1.29 is 19.4 Å². The second-order valence-electron chi connectivity index (χ2n) is 4.32. The molecule has 1 aliphatic heterocycles. The average Bonchev–Trinajstić information content (AvgIpc) is 2.75. The van der Waals surface area contributed by atoms with Crippen molar-refractivity contribution in [3.8, 4) is 0 Å². The highest BCUT2D eigenvalue weighted by Gasteiger charge is 2.34. The molecule has 17 heavy (non-hydrogen) atoms. The number of urea groups is 1. The quantitative estimate of drug-likeness (QED) is 0.745. The van der Waals surface area contributed by atoms with Gasteiger partial charge < -0.3 is 20.1 Å². The first-order valence-corrected chi connectivity index (χ1v) is 5.85. The lowest BCUT2D eigenvalue weighted by Crippen LogP contribution is -2.48. The maximum absolute atomic E-state index is 11.8. The van der Waals surface area contributed by atoms with Crippen molar-refractivity contribution in [2.24, 2.45) is 0 Å². The summed E-state index contributed by atoms with van der Waals surface area (Å²) in [5.74, 6) is -0.929. The molecule has 0 radical (unpaired) electrons. The summed E-state index contributed by atoms with van der Waals surface area (Å²) in [4.78, 5) is 24.2. The van der Waals surface area contributed by atoms with Crippen LogP contribution in [0.2, 0.25) is 0 Å². The number of ether oxygens (including phenoxy) is 1. The molecule has 1 rings (SSSR count). The Morgan fingerprint density at radius 2 is 2.29 bits per heavy atom. The lowest BCUT2D eigenvalue weighted by molar-refractivity contribution is -0.141. The Bertz CT molecular complexity index is 283. The van der Waals surface area contributed by atoms with Crippen LogP contribution < -0.4 is 5.32 Å². The zero-order chi connectivity index (χ0) is 12.8. The number of rotatable bonds is 5. The first kappa shape index (κ1) is 13.8. The number of likely N-dealkylation sites (tertiary alicyclic amines) is 1. The zero-order valence-electron chi connectivity index (χ0n) is 10.3. The summed E-state index contributed by atoms with van der Waals surface area (Å²) in [7, 11) is 1.61. The van der Waals surface area contributed by atoms with Crippen molar-refractivity contribution in [2.75, 3.05) is 20.3 Å². The van der Waals surface area contributed by atoms with E-state index in [0.29, 0.717) is 26.0 Å². The van der Waals surface area contributed by atoms with E-state index in [1.165, 1.54) is 4.90 Å². The van der Waals surface area contributed by atoms with Gasteiger partial charge in [-0.3, -0.25) is 0 Å². The average molecular weight is 244 g/mol. The smallest absolute Gasteiger partial charge is 0.326 e. The van der Waals surface area contributed by atoms with Crippen LogP contribution in [0.25, 0.3) is 0 Å². The number of carbonyl (C=O) groups is 2. The van der Waals surface area contributed by atoms with Crippen LogP contribution in [-0.4, -0.2) is 54.4 Å². The van der Waals surface area contributed by atoms with E-state index in [4.69, 9.17) is 9.84 Å². The second kappa shape index (κ2) is 6.44. The molecule has 1 unspecified atom stereocenters. The molecular formula is C11H20N2O4. The molecule has 0 aromatic rings. The molecule has 2 amide bonds. The highest BCUT2D eigenvalue weighted by atomic mass is 16.5. The Morgan fingerprint density at radius 3 is 2.88 bits per heavy atom. The minimum atomic E-state index is -0.929. The van der Waals surface area contributed by atoms with Gasteiger partial charge in [-0.25, -0.2) is 9.59 Å². The highest BCUT2D eigenvalue weighted by molar-refractivity contribution is 5.83. The van der Waals surface area contributed by atoms with E-state index in [0.717, 1.165) is 6.42 Å². The van der Waals surface area contributed by atoms with Crippen molar-refractivity contribution in [1.82, 2.24) is 10.2 Å². The first-order valence-electron chi connectivity index (χ1n) is 5.85. The molecule has 1 fully saturated rings. The third-order valence-electron chi connectivity index (χ3n) is 2.92. The topological polar surface area (TPSA) is 78.9 Å². The molecule has 6 heteroatoms. The number of amides is 2. The van der Waals surface area contributed by atoms with Gasteiger partial charge in [0, 0.05) is 26.3 Å². The third-order valence-corrected chi connectivity index (χ3v) is 2.92.